The van der Waals surface area contributed by atoms with Gasteiger partial charge in [-0.15, -0.1) is 0 Å². The summed E-state index contributed by atoms with van der Waals surface area (Å²) in [6, 6.07) is 1.42. The predicted octanol–water partition coefficient (Wildman–Crippen LogP) is 2.84. The van der Waals surface area contributed by atoms with E-state index < -0.39 is 23.3 Å². The van der Waals surface area contributed by atoms with Crippen LogP contribution in [0.1, 0.15) is 19.8 Å². The number of carbonyl (C=O) groups excluding carboxylic acids is 2. The minimum atomic E-state index is -2.52. The third-order valence-electron chi connectivity index (χ3n) is 4.19. The summed E-state index contributed by atoms with van der Waals surface area (Å²) in [6.07, 6.45) is 2.53. The molecular weight excluding hydrogens is 428 g/mol. The molecule has 0 saturated carbocycles. The molecule has 176 valence electrons. The maximum atomic E-state index is 11.0. The van der Waals surface area contributed by atoms with Gasteiger partial charge in [0.15, 0.2) is 0 Å². The van der Waals surface area contributed by atoms with E-state index in [0.29, 0.717) is 31.3 Å². The van der Waals surface area contributed by atoms with E-state index in [1.54, 1.807) is 42.5 Å². The van der Waals surface area contributed by atoms with Crippen molar-refractivity contribution in [1.29, 1.82) is 0 Å². The number of rotatable bonds is 15. The van der Waals surface area contributed by atoms with E-state index >= 15 is 0 Å². The van der Waals surface area contributed by atoms with Crippen LogP contribution >= 0.6 is 0 Å². The number of carbonyl (C=O) groups is 2. The van der Waals surface area contributed by atoms with Crippen LogP contribution in [0.2, 0.25) is 18.6 Å². The van der Waals surface area contributed by atoms with E-state index in [2.05, 4.69) is 13.2 Å². The lowest BCUT2D eigenvalue weighted by molar-refractivity contribution is -0.139. The average molecular weight is 467 g/mol. The average Bonchev–Trinajstić information content (AvgIpc) is 2.77. The molecule has 0 saturated heterocycles. The van der Waals surface area contributed by atoms with E-state index in [9.17, 15) is 9.59 Å². The Kier molecular flexibility index (Phi) is 17.8. The molecule has 0 atom stereocenters. The van der Waals surface area contributed by atoms with Crippen molar-refractivity contribution in [2.24, 2.45) is 0 Å². The highest BCUT2D eigenvalue weighted by Crippen LogP contribution is 2.15. The van der Waals surface area contributed by atoms with Crippen LogP contribution in [-0.4, -0.2) is 78.1 Å². The summed E-state index contributed by atoms with van der Waals surface area (Å²) < 4.78 is 36.0. The molecule has 0 aromatic carbocycles. The lowest BCUT2D eigenvalue weighted by Crippen LogP contribution is -2.42. The molecule has 0 aromatic heterocycles. The van der Waals surface area contributed by atoms with E-state index in [4.69, 9.17) is 31.6 Å². The summed E-state index contributed by atoms with van der Waals surface area (Å²) >= 11 is 0. The zero-order valence-electron chi connectivity index (χ0n) is 19.4. The highest BCUT2D eigenvalue weighted by molar-refractivity contribution is 6.65. The first kappa shape index (κ1) is 30.8. The Hall–Kier alpha value is -1.35. The van der Waals surface area contributed by atoms with E-state index in [-0.39, 0.29) is 5.97 Å². The molecule has 0 rings (SSSR count). The second-order valence-corrected chi connectivity index (χ2v) is 13.0. The fourth-order valence-corrected chi connectivity index (χ4v) is 5.10. The number of hydrogen-bond donors (Lipinski definition) is 0. The van der Waals surface area contributed by atoms with E-state index in [1.165, 1.54) is 0 Å². The molecule has 11 heteroatoms. The molecule has 0 radical (unpaired) electrons. The number of esters is 2. The fourth-order valence-electron chi connectivity index (χ4n) is 2.05. The Labute approximate surface area is 182 Å². The Bertz CT molecular complexity index is 510. The first-order chi connectivity index (χ1) is 14.1. The Morgan fingerprint density at radius 3 is 1.70 bits per heavy atom. The smallest absolute Gasteiger partial charge is 0.463 e. The fraction of sp³-hybridized carbons (Fsp3) is 0.684. The molecule has 0 unspecified atom stereocenters. The van der Waals surface area contributed by atoms with Crippen molar-refractivity contribution in [3.63, 3.8) is 0 Å². The first-order valence-electron chi connectivity index (χ1n) is 9.46. The quantitative estimate of drug-likeness (QED) is 0.156. The standard InChI is InChI=1S/C10H20O4Si.C9H18O5Si/c1-9(2)10(11)14-7-6-8-15(5,12-3)13-4;1-5-9(10)14-7-6-8-15(11-2,12-3)13-4/h1,6-8H2,2-5H3;5H,1,6-8H2,2-4H3. The van der Waals surface area contributed by atoms with E-state index in [0.717, 1.165) is 18.5 Å². The summed E-state index contributed by atoms with van der Waals surface area (Å²) in [4.78, 5) is 21.8. The van der Waals surface area contributed by atoms with Crippen molar-refractivity contribution < 1.29 is 41.2 Å². The van der Waals surface area contributed by atoms with Crippen molar-refractivity contribution in [1.82, 2.24) is 0 Å². The topological polar surface area (TPSA) is 98.8 Å². The Balaban J connectivity index is 0. The molecule has 0 aromatic rings. The SMILES string of the molecule is C=C(C)C(=O)OCCC[Si](C)(OC)OC.C=CC(=O)OCCC[Si](OC)(OC)OC. The monoisotopic (exact) mass is 466 g/mol. The number of hydrogen-bond acceptors (Lipinski definition) is 9. The second kappa shape index (κ2) is 17.3. The van der Waals surface area contributed by atoms with E-state index in [1.807, 2.05) is 6.55 Å². The molecular formula is C19H38O9Si2. The molecule has 0 amide bonds. The zero-order chi connectivity index (χ0) is 23.6. The van der Waals surface area contributed by atoms with Gasteiger partial charge in [0.05, 0.1) is 13.2 Å². The predicted molar refractivity (Wildman–Crippen MR) is 118 cm³/mol. The van der Waals surface area contributed by atoms with Crippen LogP contribution in [0.5, 0.6) is 0 Å². The van der Waals surface area contributed by atoms with Crippen molar-refractivity contribution in [2.45, 2.75) is 38.4 Å². The maximum Gasteiger partial charge on any atom is 0.500 e. The van der Waals surface area contributed by atoms with Crippen molar-refractivity contribution in [2.75, 3.05) is 48.8 Å². The summed E-state index contributed by atoms with van der Waals surface area (Å²) in [5.41, 5.74) is 0.425. The van der Waals surface area contributed by atoms with Crippen LogP contribution in [0.15, 0.2) is 24.8 Å². The van der Waals surface area contributed by atoms with Crippen molar-refractivity contribution >= 4 is 29.3 Å². The van der Waals surface area contributed by atoms with Gasteiger partial charge in [-0.2, -0.15) is 0 Å². The lowest BCUT2D eigenvalue weighted by Gasteiger charge is -2.23. The van der Waals surface area contributed by atoms with Gasteiger partial charge in [-0.05, 0) is 32.4 Å². The van der Waals surface area contributed by atoms with Gasteiger partial charge in [-0.3, -0.25) is 0 Å². The second-order valence-electron chi connectivity index (χ2n) is 6.33. The molecule has 0 aliphatic heterocycles. The summed E-state index contributed by atoms with van der Waals surface area (Å²) in [5, 5.41) is 0. The van der Waals surface area contributed by atoms with Gasteiger partial charge in [0, 0.05) is 53.2 Å². The molecule has 0 heterocycles. The van der Waals surface area contributed by atoms with Gasteiger partial charge in [0.1, 0.15) is 0 Å². The molecule has 0 aliphatic carbocycles. The summed E-state index contributed by atoms with van der Waals surface area (Å²) in [7, 11) is 3.42. The Morgan fingerprint density at radius 2 is 1.30 bits per heavy atom. The summed E-state index contributed by atoms with van der Waals surface area (Å²) in [5.74, 6) is -0.761. The first-order valence-corrected chi connectivity index (χ1v) is 13.9. The third kappa shape index (κ3) is 13.8. The maximum absolute atomic E-state index is 11.0. The molecule has 0 N–H and O–H groups in total. The normalized spacial score (nSPS) is 11.2. The minimum Gasteiger partial charge on any atom is -0.463 e. The van der Waals surface area contributed by atoms with Gasteiger partial charge < -0.3 is 31.6 Å². The lowest BCUT2D eigenvalue weighted by atomic mass is 10.4. The molecule has 0 fully saturated rings. The van der Waals surface area contributed by atoms with Gasteiger partial charge in [0.2, 0.25) is 0 Å². The highest BCUT2D eigenvalue weighted by atomic mass is 28.4. The third-order valence-corrected chi connectivity index (χ3v) is 10.0. The van der Waals surface area contributed by atoms with Crippen LogP contribution in [0.4, 0.5) is 0 Å². The molecule has 0 spiro atoms. The van der Waals surface area contributed by atoms with Crippen LogP contribution in [0.25, 0.3) is 0 Å². The largest absolute Gasteiger partial charge is 0.500 e. The van der Waals surface area contributed by atoms with Crippen LogP contribution in [0.3, 0.4) is 0 Å². The number of ether oxygens (including phenoxy) is 2. The van der Waals surface area contributed by atoms with Gasteiger partial charge in [0.25, 0.3) is 0 Å². The highest BCUT2D eigenvalue weighted by Gasteiger charge is 2.36. The summed E-state index contributed by atoms with van der Waals surface area (Å²) in [6.45, 7) is 11.1. The van der Waals surface area contributed by atoms with Crippen LogP contribution in [0, 0.1) is 0 Å². The molecule has 9 nitrogen and oxygen atoms in total. The minimum absolute atomic E-state index is 0.315. The Morgan fingerprint density at radius 1 is 0.833 bits per heavy atom. The van der Waals surface area contributed by atoms with Crippen molar-refractivity contribution in [3.05, 3.63) is 24.8 Å². The van der Waals surface area contributed by atoms with Gasteiger partial charge >= 0.3 is 29.3 Å². The van der Waals surface area contributed by atoms with Crippen LogP contribution in [-0.2, 0) is 41.2 Å². The molecule has 0 aliphatic rings. The van der Waals surface area contributed by atoms with Gasteiger partial charge in [-0.1, -0.05) is 13.2 Å². The van der Waals surface area contributed by atoms with Crippen LogP contribution < -0.4 is 0 Å². The molecule has 30 heavy (non-hydrogen) atoms. The molecule has 0 bridgehead atoms. The van der Waals surface area contributed by atoms with Crippen molar-refractivity contribution in [3.8, 4) is 0 Å². The zero-order valence-corrected chi connectivity index (χ0v) is 21.4. The van der Waals surface area contributed by atoms with Gasteiger partial charge in [-0.25, -0.2) is 9.59 Å².